The fourth-order valence-electron chi connectivity index (χ4n) is 2.70. The number of carbonyl (C=O) groups is 1. The molecule has 2 heteroatoms. The summed E-state index contributed by atoms with van der Waals surface area (Å²) in [7, 11) is 1.68. The maximum absolute atomic E-state index is 11.8. The number of benzene rings is 2. The summed E-state index contributed by atoms with van der Waals surface area (Å²) in [5.74, 6) is 1.14. The number of ketones is 1. The maximum Gasteiger partial charge on any atom is 0.163 e. The Balaban J connectivity index is 2.09. The van der Waals surface area contributed by atoms with Crippen molar-refractivity contribution in [1.29, 1.82) is 0 Å². The van der Waals surface area contributed by atoms with Crippen LogP contribution in [0.1, 0.15) is 28.8 Å². The zero-order valence-electron chi connectivity index (χ0n) is 11.0. The molecule has 2 nitrogen and oxygen atoms in total. The van der Waals surface area contributed by atoms with Crippen LogP contribution in [-0.4, -0.2) is 12.9 Å². The maximum atomic E-state index is 11.8. The minimum atomic E-state index is 0.271. The summed E-state index contributed by atoms with van der Waals surface area (Å²) in [6.45, 7) is 0. The molecule has 1 aliphatic carbocycles. The first-order valence-corrected chi connectivity index (χ1v) is 6.59. The molecule has 0 saturated carbocycles. The predicted octanol–water partition coefficient (Wildman–Crippen LogP) is 3.88. The molecule has 1 aliphatic rings. The van der Waals surface area contributed by atoms with Crippen molar-refractivity contribution in [3.8, 4) is 16.9 Å². The Morgan fingerprint density at radius 3 is 2.68 bits per heavy atom. The van der Waals surface area contributed by atoms with Gasteiger partial charge in [-0.2, -0.15) is 0 Å². The summed E-state index contributed by atoms with van der Waals surface area (Å²) in [4.78, 5) is 11.8. The highest BCUT2D eigenvalue weighted by atomic mass is 16.5. The van der Waals surface area contributed by atoms with Crippen molar-refractivity contribution < 1.29 is 9.53 Å². The van der Waals surface area contributed by atoms with Gasteiger partial charge < -0.3 is 4.74 Å². The van der Waals surface area contributed by atoms with Crippen LogP contribution < -0.4 is 4.74 Å². The molecule has 0 unspecified atom stereocenters. The summed E-state index contributed by atoms with van der Waals surface area (Å²) in [5.41, 5.74) is 4.25. The first kappa shape index (κ1) is 12.0. The van der Waals surface area contributed by atoms with E-state index in [-0.39, 0.29) is 5.78 Å². The number of Topliss-reactive ketones (excluding diaryl/α,β-unsaturated/α-hetero) is 1. The van der Waals surface area contributed by atoms with Crippen molar-refractivity contribution in [2.75, 3.05) is 7.11 Å². The molecular formula is C17H16O2. The van der Waals surface area contributed by atoms with Gasteiger partial charge >= 0.3 is 0 Å². The van der Waals surface area contributed by atoms with Gasteiger partial charge in [0.1, 0.15) is 5.75 Å². The second-order valence-corrected chi connectivity index (χ2v) is 4.85. The lowest BCUT2D eigenvalue weighted by molar-refractivity contribution is 0.0972. The van der Waals surface area contributed by atoms with E-state index >= 15 is 0 Å². The van der Waals surface area contributed by atoms with E-state index in [0.717, 1.165) is 35.3 Å². The number of para-hydroxylation sites is 1. The van der Waals surface area contributed by atoms with Crippen LogP contribution in [0, 0.1) is 0 Å². The number of hydrogen-bond donors (Lipinski definition) is 0. The van der Waals surface area contributed by atoms with Crippen LogP contribution in [0.25, 0.3) is 11.1 Å². The molecule has 0 bridgehead atoms. The Kier molecular flexibility index (Phi) is 3.08. The van der Waals surface area contributed by atoms with Gasteiger partial charge in [-0.25, -0.2) is 0 Å². The SMILES string of the molecule is COc1ccccc1-c1ccc2c(c1)CCCC2=O. The number of hydrogen-bond acceptors (Lipinski definition) is 2. The van der Waals surface area contributed by atoms with Crippen LogP contribution >= 0.6 is 0 Å². The van der Waals surface area contributed by atoms with Gasteiger partial charge in [-0.15, -0.1) is 0 Å². The van der Waals surface area contributed by atoms with E-state index in [9.17, 15) is 4.79 Å². The standard InChI is InChI=1S/C17H16O2/c1-19-17-8-3-2-6-15(17)13-9-10-14-12(11-13)5-4-7-16(14)18/h2-3,6,8-11H,4-5,7H2,1H3. The van der Waals surface area contributed by atoms with Crippen LogP contribution in [-0.2, 0) is 6.42 Å². The monoisotopic (exact) mass is 252 g/mol. The Morgan fingerprint density at radius 1 is 1.00 bits per heavy atom. The molecule has 0 atom stereocenters. The second-order valence-electron chi connectivity index (χ2n) is 4.85. The summed E-state index contributed by atoms with van der Waals surface area (Å²) in [6.07, 6.45) is 2.63. The molecule has 0 aliphatic heterocycles. The molecule has 0 N–H and O–H groups in total. The van der Waals surface area contributed by atoms with Gasteiger partial charge in [-0.3, -0.25) is 4.79 Å². The average molecular weight is 252 g/mol. The lowest BCUT2D eigenvalue weighted by Crippen LogP contribution is -2.10. The third kappa shape index (κ3) is 2.14. The molecule has 0 heterocycles. The molecule has 2 aromatic rings. The topological polar surface area (TPSA) is 26.3 Å². The average Bonchev–Trinajstić information content (AvgIpc) is 2.47. The molecule has 96 valence electrons. The Bertz CT molecular complexity index is 629. The summed E-state index contributed by atoms with van der Waals surface area (Å²) in [5, 5.41) is 0. The molecule has 0 amide bonds. The van der Waals surface area contributed by atoms with Gasteiger partial charge in [0.05, 0.1) is 7.11 Å². The minimum absolute atomic E-state index is 0.271. The quantitative estimate of drug-likeness (QED) is 0.810. The zero-order valence-corrected chi connectivity index (χ0v) is 11.0. The largest absolute Gasteiger partial charge is 0.496 e. The van der Waals surface area contributed by atoms with Crippen molar-refractivity contribution in [3.63, 3.8) is 0 Å². The molecule has 19 heavy (non-hydrogen) atoms. The number of fused-ring (bicyclic) bond motifs is 1. The summed E-state index contributed by atoms with van der Waals surface area (Å²) >= 11 is 0. The molecule has 0 radical (unpaired) electrons. The normalized spacial score (nSPS) is 14.1. The van der Waals surface area contributed by atoms with E-state index in [1.807, 2.05) is 36.4 Å². The number of methoxy groups -OCH3 is 1. The summed E-state index contributed by atoms with van der Waals surface area (Å²) in [6, 6.07) is 14.1. The highest BCUT2D eigenvalue weighted by Gasteiger charge is 2.17. The fourth-order valence-corrected chi connectivity index (χ4v) is 2.70. The Labute approximate surface area is 113 Å². The van der Waals surface area contributed by atoms with E-state index in [1.54, 1.807) is 7.11 Å². The van der Waals surface area contributed by atoms with Gasteiger partial charge in [-0.05, 0) is 30.0 Å². The van der Waals surface area contributed by atoms with Crippen molar-refractivity contribution in [2.45, 2.75) is 19.3 Å². The Hall–Kier alpha value is -2.09. The molecular weight excluding hydrogens is 236 g/mol. The minimum Gasteiger partial charge on any atom is -0.496 e. The molecule has 0 spiro atoms. The van der Waals surface area contributed by atoms with Gasteiger partial charge in [-0.1, -0.05) is 36.4 Å². The van der Waals surface area contributed by atoms with Gasteiger partial charge in [0.25, 0.3) is 0 Å². The number of aryl methyl sites for hydroxylation is 1. The lowest BCUT2D eigenvalue weighted by Gasteiger charge is -2.16. The number of ether oxygens (including phenoxy) is 1. The lowest BCUT2D eigenvalue weighted by atomic mass is 9.88. The van der Waals surface area contributed by atoms with Crippen LogP contribution in [0.3, 0.4) is 0 Å². The summed E-state index contributed by atoms with van der Waals surface area (Å²) < 4.78 is 5.40. The molecule has 0 fully saturated rings. The third-order valence-electron chi connectivity index (χ3n) is 3.67. The van der Waals surface area contributed by atoms with E-state index in [2.05, 4.69) is 6.07 Å². The second kappa shape index (κ2) is 4.88. The first-order chi connectivity index (χ1) is 9.29. The van der Waals surface area contributed by atoms with Crippen molar-refractivity contribution in [2.24, 2.45) is 0 Å². The van der Waals surface area contributed by atoms with E-state index in [1.165, 1.54) is 5.56 Å². The van der Waals surface area contributed by atoms with Crippen LogP contribution in [0.2, 0.25) is 0 Å². The highest BCUT2D eigenvalue weighted by Crippen LogP contribution is 2.32. The molecule has 0 aromatic heterocycles. The van der Waals surface area contributed by atoms with Crippen LogP contribution in [0.15, 0.2) is 42.5 Å². The molecule has 0 saturated heterocycles. The predicted molar refractivity (Wildman–Crippen MR) is 75.7 cm³/mol. The molecule has 2 aromatic carbocycles. The van der Waals surface area contributed by atoms with Gasteiger partial charge in [0.2, 0.25) is 0 Å². The van der Waals surface area contributed by atoms with Gasteiger partial charge in [0.15, 0.2) is 5.78 Å². The van der Waals surface area contributed by atoms with Crippen molar-refractivity contribution in [3.05, 3.63) is 53.6 Å². The zero-order chi connectivity index (χ0) is 13.2. The number of rotatable bonds is 2. The first-order valence-electron chi connectivity index (χ1n) is 6.59. The molecule has 3 rings (SSSR count). The van der Waals surface area contributed by atoms with Crippen LogP contribution in [0.4, 0.5) is 0 Å². The fraction of sp³-hybridized carbons (Fsp3) is 0.235. The van der Waals surface area contributed by atoms with E-state index < -0.39 is 0 Å². The van der Waals surface area contributed by atoms with Crippen LogP contribution in [0.5, 0.6) is 5.75 Å². The smallest absolute Gasteiger partial charge is 0.163 e. The van der Waals surface area contributed by atoms with Crippen molar-refractivity contribution >= 4 is 5.78 Å². The Morgan fingerprint density at radius 2 is 1.84 bits per heavy atom. The van der Waals surface area contributed by atoms with Gasteiger partial charge in [0, 0.05) is 17.5 Å². The van der Waals surface area contributed by atoms with E-state index in [4.69, 9.17) is 4.74 Å². The van der Waals surface area contributed by atoms with E-state index in [0.29, 0.717) is 6.42 Å². The number of carbonyl (C=O) groups excluding carboxylic acids is 1. The highest BCUT2D eigenvalue weighted by molar-refractivity contribution is 5.99. The third-order valence-corrected chi connectivity index (χ3v) is 3.67. The van der Waals surface area contributed by atoms with Crippen molar-refractivity contribution in [1.82, 2.24) is 0 Å².